The van der Waals surface area contributed by atoms with Crippen LogP contribution in [0.4, 0.5) is 5.69 Å². The molecule has 8 heteroatoms. The Hall–Kier alpha value is -1.86. The van der Waals surface area contributed by atoms with Gasteiger partial charge in [-0.2, -0.15) is 0 Å². The van der Waals surface area contributed by atoms with Crippen LogP contribution in [-0.4, -0.2) is 36.7 Å². The molecule has 0 radical (unpaired) electrons. The fraction of sp³-hybridized carbons (Fsp3) is 0.500. The van der Waals surface area contributed by atoms with Gasteiger partial charge in [-0.25, -0.2) is 0 Å². The molecule has 122 valence electrons. The number of rotatable bonds is 9. The quantitative estimate of drug-likeness (QED) is 0.427. The predicted molar refractivity (Wildman–Crippen MR) is 82.3 cm³/mol. The first-order valence-electron chi connectivity index (χ1n) is 6.85. The number of nitrogens with one attached hydrogen (secondary N) is 1. The molecule has 1 N–H and O–H groups in total. The second kappa shape index (κ2) is 9.22. The van der Waals surface area contributed by atoms with E-state index >= 15 is 0 Å². The molecule has 1 aromatic rings. The van der Waals surface area contributed by atoms with Crippen molar-refractivity contribution in [3.05, 3.63) is 33.3 Å². The molecule has 0 unspecified atom stereocenters. The highest BCUT2D eigenvalue weighted by atomic mass is 35.5. The lowest BCUT2D eigenvalue weighted by Crippen LogP contribution is -2.30. The average molecular weight is 331 g/mol. The number of nitro benzene ring substituents is 1. The molecule has 1 rings (SSSR count). The zero-order valence-electron chi connectivity index (χ0n) is 12.5. The number of amides is 1. The predicted octanol–water partition coefficient (Wildman–Crippen LogP) is 2.56. The van der Waals surface area contributed by atoms with Crippen molar-refractivity contribution in [2.75, 3.05) is 19.8 Å². The van der Waals surface area contributed by atoms with Crippen LogP contribution < -0.4 is 10.1 Å². The van der Waals surface area contributed by atoms with Gasteiger partial charge in [0.1, 0.15) is 0 Å². The van der Waals surface area contributed by atoms with Crippen LogP contribution in [0.2, 0.25) is 5.02 Å². The highest BCUT2D eigenvalue weighted by Crippen LogP contribution is 2.29. The third-order valence-electron chi connectivity index (χ3n) is 2.57. The SMILES string of the molecule is CC(C)OCCCNC(=O)COc1ccc(Cl)cc1[N+](=O)[O-]. The summed E-state index contributed by atoms with van der Waals surface area (Å²) in [6, 6.07) is 4.01. The van der Waals surface area contributed by atoms with Crippen molar-refractivity contribution in [2.45, 2.75) is 26.4 Å². The number of nitrogens with zero attached hydrogens (tertiary/aromatic N) is 1. The van der Waals surface area contributed by atoms with Crippen LogP contribution in [0.3, 0.4) is 0 Å². The summed E-state index contributed by atoms with van der Waals surface area (Å²) in [6.07, 6.45) is 0.842. The van der Waals surface area contributed by atoms with Gasteiger partial charge in [0.15, 0.2) is 12.4 Å². The van der Waals surface area contributed by atoms with Gasteiger partial charge in [-0.3, -0.25) is 14.9 Å². The van der Waals surface area contributed by atoms with E-state index in [9.17, 15) is 14.9 Å². The van der Waals surface area contributed by atoms with Gasteiger partial charge in [0.25, 0.3) is 5.91 Å². The van der Waals surface area contributed by atoms with E-state index in [0.717, 1.165) is 0 Å². The third kappa shape index (κ3) is 6.73. The molecule has 0 aliphatic rings. The lowest BCUT2D eigenvalue weighted by atomic mass is 10.3. The van der Waals surface area contributed by atoms with Crippen molar-refractivity contribution in [2.24, 2.45) is 0 Å². The first-order chi connectivity index (χ1) is 10.4. The van der Waals surface area contributed by atoms with Crippen LogP contribution in [0.15, 0.2) is 18.2 Å². The number of hydrogen-bond acceptors (Lipinski definition) is 5. The molecule has 0 saturated carbocycles. The molecular weight excluding hydrogens is 312 g/mol. The van der Waals surface area contributed by atoms with E-state index in [0.29, 0.717) is 19.6 Å². The topological polar surface area (TPSA) is 90.7 Å². The normalized spacial score (nSPS) is 10.5. The number of nitro groups is 1. The summed E-state index contributed by atoms with van der Waals surface area (Å²) in [7, 11) is 0. The first-order valence-corrected chi connectivity index (χ1v) is 7.23. The Labute approximate surface area is 133 Å². The summed E-state index contributed by atoms with van der Waals surface area (Å²) in [5.41, 5.74) is -0.273. The minimum Gasteiger partial charge on any atom is -0.477 e. The van der Waals surface area contributed by atoms with Crippen molar-refractivity contribution >= 4 is 23.2 Å². The molecule has 0 spiro atoms. The van der Waals surface area contributed by atoms with Crippen LogP contribution in [0.5, 0.6) is 5.75 Å². The highest BCUT2D eigenvalue weighted by Gasteiger charge is 2.16. The number of carbonyl (C=O) groups excluding carboxylic acids is 1. The second-order valence-corrected chi connectivity index (χ2v) is 5.22. The second-order valence-electron chi connectivity index (χ2n) is 4.78. The Kier molecular flexibility index (Phi) is 7.62. The van der Waals surface area contributed by atoms with E-state index < -0.39 is 4.92 Å². The molecule has 0 fully saturated rings. The first kappa shape index (κ1) is 18.2. The Bertz CT molecular complexity index is 522. The maximum atomic E-state index is 11.6. The Morgan fingerprint density at radius 1 is 1.45 bits per heavy atom. The Morgan fingerprint density at radius 2 is 2.18 bits per heavy atom. The number of halogens is 1. The fourth-order valence-corrected chi connectivity index (χ4v) is 1.73. The molecule has 0 bridgehead atoms. The van der Waals surface area contributed by atoms with E-state index in [4.69, 9.17) is 21.1 Å². The minimum atomic E-state index is -0.609. The molecule has 0 aliphatic carbocycles. The van der Waals surface area contributed by atoms with E-state index in [2.05, 4.69) is 5.32 Å². The molecule has 7 nitrogen and oxygen atoms in total. The van der Waals surface area contributed by atoms with Crippen molar-refractivity contribution in [3.63, 3.8) is 0 Å². The summed E-state index contributed by atoms with van der Waals surface area (Å²) < 4.78 is 10.5. The smallest absolute Gasteiger partial charge is 0.312 e. The van der Waals surface area contributed by atoms with Crippen LogP contribution >= 0.6 is 11.6 Å². The van der Waals surface area contributed by atoms with E-state index in [1.807, 2.05) is 13.8 Å². The summed E-state index contributed by atoms with van der Waals surface area (Å²) in [6.45, 7) is 4.59. The van der Waals surface area contributed by atoms with Crippen LogP contribution in [0, 0.1) is 10.1 Å². The molecular formula is C14H19ClN2O5. The standard InChI is InChI=1S/C14H19ClN2O5/c1-10(2)21-7-3-6-16-14(18)9-22-13-5-4-11(15)8-12(13)17(19)20/h4-5,8,10H,3,6-7,9H2,1-2H3,(H,16,18). The Balaban J connectivity index is 2.37. The van der Waals surface area contributed by atoms with Crippen LogP contribution in [-0.2, 0) is 9.53 Å². The third-order valence-corrected chi connectivity index (χ3v) is 2.81. The fourth-order valence-electron chi connectivity index (χ4n) is 1.57. The number of benzene rings is 1. The van der Waals surface area contributed by atoms with Gasteiger partial charge in [-0.15, -0.1) is 0 Å². The van der Waals surface area contributed by atoms with Crippen molar-refractivity contribution in [1.82, 2.24) is 5.32 Å². The molecule has 1 amide bonds. The molecule has 0 atom stereocenters. The Morgan fingerprint density at radius 3 is 2.82 bits per heavy atom. The number of hydrogen-bond donors (Lipinski definition) is 1. The van der Waals surface area contributed by atoms with Gasteiger partial charge in [0.2, 0.25) is 0 Å². The monoisotopic (exact) mass is 330 g/mol. The summed E-state index contributed by atoms with van der Waals surface area (Å²) >= 11 is 5.69. The zero-order chi connectivity index (χ0) is 16.5. The highest BCUT2D eigenvalue weighted by molar-refractivity contribution is 6.30. The molecule has 0 heterocycles. The summed E-state index contributed by atoms with van der Waals surface area (Å²) in [5, 5.41) is 13.7. The summed E-state index contributed by atoms with van der Waals surface area (Å²) in [5.74, 6) is -0.346. The van der Waals surface area contributed by atoms with Crippen molar-refractivity contribution in [3.8, 4) is 5.75 Å². The van der Waals surface area contributed by atoms with Gasteiger partial charge < -0.3 is 14.8 Å². The van der Waals surface area contributed by atoms with E-state index in [1.54, 1.807) is 0 Å². The number of carbonyl (C=O) groups is 1. The van der Waals surface area contributed by atoms with E-state index in [1.165, 1.54) is 18.2 Å². The summed E-state index contributed by atoms with van der Waals surface area (Å²) in [4.78, 5) is 21.8. The maximum Gasteiger partial charge on any atom is 0.312 e. The molecule has 0 aliphatic heterocycles. The number of ether oxygens (including phenoxy) is 2. The largest absolute Gasteiger partial charge is 0.477 e. The van der Waals surface area contributed by atoms with Crippen LogP contribution in [0.25, 0.3) is 0 Å². The molecule has 22 heavy (non-hydrogen) atoms. The lowest BCUT2D eigenvalue weighted by Gasteiger charge is -2.09. The molecule has 0 saturated heterocycles. The lowest BCUT2D eigenvalue weighted by molar-refractivity contribution is -0.385. The molecule has 0 aromatic heterocycles. The maximum absolute atomic E-state index is 11.6. The average Bonchev–Trinajstić information content (AvgIpc) is 2.45. The van der Waals surface area contributed by atoms with E-state index in [-0.39, 0.29) is 35.1 Å². The van der Waals surface area contributed by atoms with Gasteiger partial charge in [0.05, 0.1) is 11.0 Å². The van der Waals surface area contributed by atoms with Gasteiger partial charge in [-0.1, -0.05) is 11.6 Å². The van der Waals surface area contributed by atoms with Crippen molar-refractivity contribution < 1.29 is 19.2 Å². The van der Waals surface area contributed by atoms with Gasteiger partial charge in [-0.05, 0) is 32.4 Å². The minimum absolute atomic E-state index is 0.00712. The van der Waals surface area contributed by atoms with Crippen molar-refractivity contribution in [1.29, 1.82) is 0 Å². The van der Waals surface area contributed by atoms with Crippen LogP contribution in [0.1, 0.15) is 20.3 Å². The van der Waals surface area contributed by atoms with Gasteiger partial charge in [0, 0.05) is 24.2 Å². The molecule has 1 aromatic carbocycles. The van der Waals surface area contributed by atoms with Gasteiger partial charge >= 0.3 is 5.69 Å². The zero-order valence-corrected chi connectivity index (χ0v) is 13.3.